The Labute approximate surface area is 397 Å². The fourth-order valence-electron chi connectivity index (χ4n) is 12.8. The second-order valence-electron chi connectivity index (χ2n) is 20.4. The van der Waals surface area contributed by atoms with E-state index >= 15 is 4.79 Å². The van der Waals surface area contributed by atoms with E-state index in [0.717, 1.165) is 5.57 Å². The lowest BCUT2D eigenvalue weighted by Gasteiger charge is -2.65. The second kappa shape index (κ2) is 19.0. The quantitative estimate of drug-likeness (QED) is 0.105. The van der Waals surface area contributed by atoms with Crippen LogP contribution in [-0.4, -0.2) is 66.1 Å². The number of fused-ring (bicyclic) bond motifs is 5. The molecule has 9 rings (SSSR count). The van der Waals surface area contributed by atoms with Gasteiger partial charge in [0.25, 0.3) is 0 Å². The molecule has 11 nitrogen and oxygen atoms in total. The molecule has 5 aliphatic rings. The highest BCUT2D eigenvalue weighted by Gasteiger charge is 2.71. The summed E-state index contributed by atoms with van der Waals surface area (Å²) in [5.74, 6) is -5.41. The van der Waals surface area contributed by atoms with Crippen LogP contribution in [0, 0.1) is 52.3 Å². The van der Waals surface area contributed by atoms with Crippen LogP contribution in [0.5, 0.6) is 0 Å². The third kappa shape index (κ3) is 8.69. The standard InChI is InChI=1S/C57H60O11/c1-33(2)39-28-45(65-47(59)29-39)34(3)42-32-44(58)49-48-41(26-27-56(42,49)4)57(5)43(50(67-54(62)37-22-14-8-15-23-37)51(48)68-55(63)38-24-16-9-17-25-38)30-40(64-52(60)35-18-10-6-11-19-35)31-46(57)66-53(61)36-20-12-7-13-21-36/h6-25,32-34,39-41,43,45-46,48-51H,26-31H2,1-5H3/t34-,39?,40+,41?,43?,45?,46+,48?,49?,50-,51?,56-,57-/m1/s1. The zero-order valence-electron chi connectivity index (χ0n) is 39.3. The van der Waals surface area contributed by atoms with Crippen LogP contribution in [0.25, 0.3) is 0 Å². The smallest absolute Gasteiger partial charge is 0.338 e. The Hall–Kier alpha value is -6.36. The van der Waals surface area contributed by atoms with E-state index in [4.69, 9.17) is 23.7 Å². The zero-order valence-corrected chi connectivity index (χ0v) is 39.3. The van der Waals surface area contributed by atoms with Crippen LogP contribution in [0.15, 0.2) is 133 Å². The number of allylic oxidation sites excluding steroid dienone is 1. The molecule has 13 atom stereocenters. The van der Waals surface area contributed by atoms with E-state index in [9.17, 15) is 24.0 Å². The van der Waals surface area contributed by atoms with Crippen molar-refractivity contribution >= 4 is 35.6 Å². The summed E-state index contributed by atoms with van der Waals surface area (Å²) in [6, 6.07) is 34.4. The molecule has 11 heteroatoms. The van der Waals surface area contributed by atoms with E-state index in [1.807, 2.05) is 19.9 Å². The number of esters is 5. The number of benzene rings is 4. The van der Waals surface area contributed by atoms with Crippen molar-refractivity contribution in [3.63, 3.8) is 0 Å². The van der Waals surface area contributed by atoms with Crippen molar-refractivity contribution in [2.45, 2.75) is 104 Å². The number of carbonyl (C=O) groups is 6. The molecule has 0 aromatic heterocycles. The Kier molecular flexibility index (Phi) is 13.0. The SMILES string of the molecule is CC(C)C1CC(=O)OC([C@H](C)C2=CC(=O)C3C4C(OC(=O)c5ccccc5)[C@H](OC(=O)c5ccccc5)C5C[C@H](OC(=O)c6ccccc6)C[C@H](OC(=O)c6ccccc6)[C@]5(C)C4CC[C@]23C)C1. The van der Waals surface area contributed by atoms with Gasteiger partial charge < -0.3 is 23.7 Å². The fourth-order valence-corrected chi connectivity index (χ4v) is 12.8. The van der Waals surface area contributed by atoms with Crippen LogP contribution < -0.4 is 0 Å². The molecule has 4 fully saturated rings. The van der Waals surface area contributed by atoms with Gasteiger partial charge in [-0.05, 0) is 103 Å². The lowest BCUT2D eigenvalue weighted by molar-refractivity contribution is -0.246. The first kappa shape index (κ1) is 46.7. The molecule has 0 N–H and O–H groups in total. The highest BCUT2D eigenvalue weighted by atomic mass is 16.6. The van der Waals surface area contributed by atoms with E-state index in [1.165, 1.54) is 0 Å². The number of ketones is 1. The molecule has 4 aromatic rings. The van der Waals surface area contributed by atoms with Crippen molar-refractivity contribution < 1.29 is 52.5 Å². The van der Waals surface area contributed by atoms with E-state index in [0.29, 0.717) is 36.8 Å². The van der Waals surface area contributed by atoms with Gasteiger partial charge in [0, 0.05) is 41.9 Å². The van der Waals surface area contributed by atoms with Crippen molar-refractivity contribution in [1.82, 2.24) is 0 Å². The van der Waals surface area contributed by atoms with Crippen LogP contribution in [0.4, 0.5) is 0 Å². The van der Waals surface area contributed by atoms with Crippen molar-refractivity contribution in [1.29, 1.82) is 0 Å². The van der Waals surface area contributed by atoms with Gasteiger partial charge in [0.1, 0.15) is 30.5 Å². The number of rotatable bonds is 11. The maximum atomic E-state index is 15.2. The molecule has 1 aliphatic heterocycles. The van der Waals surface area contributed by atoms with E-state index in [1.54, 1.807) is 121 Å². The molecule has 4 aromatic carbocycles. The van der Waals surface area contributed by atoms with Crippen LogP contribution in [0.2, 0.25) is 0 Å². The Bertz CT molecular complexity index is 2560. The van der Waals surface area contributed by atoms with Gasteiger partial charge in [-0.2, -0.15) is 0 Å². The number of hydrogen-bond acceptors (Lipinski definition) is 11. The summed E-state index contributed by atoms with van der Waals surface area (Å²) in [6.45, 7) is 10.4. The molecular formula is C57H60O11. The summed E-state index contributed by atoms with van der Waals surface area (Å²) in [6.07, 6.45) is -0.444. The third-order valence-electron chi connectivity index (χ3n) is 16.4. The molecule has 0 amide bonds. The van der Waals surface area contributed by atoms with Crippen LogP contribution in [0.3, 0.4) is 0 Å². The summed E-state index contributed by atoms with van der Waals surface area (Å²) >= 11 is 0. The van der Waals surface area contributed by atoms with E-state index in [-0.39, 0.29) is 53.5 Å². The van der Waals surface area contributed by atoms with Crippen LogP contribution >= 0.6 is 0 Å². The van der Waals surface area contributed by atoms with Crippen LogP contribution in [0.1, 0.15) is 115 Å². The average molecular weight is 921 g/mol. The number of hydrogen-bond donors (Lipinski definition) is 0. The van der Waals surface area contributed by atoms with Gasteiger partial charge in [0.2, 0.25) is 0 Å². The average Bonchev–Trinajstić information content (AvgIpc) is 3.63. The van der Waals surface area contributed by atoms with Gasteiger partial charge in [-0.25, -0.2) is 19.2 Å². The van der Waals surface area contributed by atoms with Gasteiger partial charge in [0.15, 0.2) is 5.78 Å². The maximum absolute atomic E-state index is 15.2. The molecule has 0 bridgehead atoms. The molecule has 4 aliphatic carbocycles. The van der Waals surface area contributed by atoms with Gasteiger partial charge in [-0.1, -0.05) is 113 Å². The molecular weight excluding hydrogens is 861 g/mol. The first-order valence-electron chi connectivity index (χ1n) is 24.2. The van der Waals surface area contributed by atoms with Gasteiger partial charge in [0.05, 0.1) is 22.3 Å². The van der Waals surface area contributed by atoms with Crippen LogP contribution in [-0.2, 0) is 33.3 Å². The second-order valence-corrected chi connectivity index (χ2v) is 20.4. The Morgan fingerprint density at radius 3 is 1.60 bits per heavy atom. The highest BCUT2D eigenvalue weighted by Crippen LogP contribution is 2.68. The minimum Gasteiger partial charge on any atom is -0.462 e. The molecule has 1 heterocycles. The first-order chi connectivity index (χ1) is 32.7. The molecule has 7 unspecified atom stereocenters. The lowest BCUT2D eigenvalue weighted by atomic mass is 9.42. The molecule has 3 saturated carbocycles. The van der Waals surface area contributed by atoms with Crippen molar-refractivity contribution in [2.24, 2.45) is 52.3 Å². The molecule has 1 saturated heterocycles. The first-order valence-corrected chi connectivity index (χ1v) is 24.2. The predicted molar refractivity (Wildman–Crippen MR) is 251 cm³/mol. The largest absolute Gasteiger partial charge is 0.462 e. The Morgan fingerprint density at radius 2 is 1.09 bits per heavy atom. The topological polar surface area (TPSA) is 149 Å². The highest BCUT2D eigenvalue weighted by molar-refractivity contribution is 5.97. The minimum absolute atomic E-state index is 0.127. The summed E-state index contributed by atoms with van der Waals surface area (Å²) in [5.41, 5.74) is 0.304. The molecule has 0 spiro atoms. The predicted octanol–water partition coefficient (Wildman–Crippen LogP) is 10.1. The number of carbonyl (C=O) groups excluding carboxylic acids is 6. The molecule has 0 radical (unpaired) electrons. The molecule has 354 valence electrons. The molecule has 68 heavy (non-hydrogen) atoms. The van der Waals surface area contributed by atoms with Gasteiger partial charge >= 0.3 is 29.8 Å². The van der Waals surface area contributed by atoms with Crippen molar-refractivity contribution in [2.75, 3.05) is 0 Å². The van der Waals surface area contributed by atoms with Crippen molar-refractivity contribution in [3.05, 3.63) is 155 Å². The number of cyclic esters (lactones) is 1. The summed E-state index contributed by atoms with van der Waals surface area (Å²) < 4.78 is 32.5. The normalized spacial score (nSPS) is 32.2. The summed E-state index contributed by atoms with van der Waals surface area (Å²) in [5, 5.41) is 0. The van der Waals surface area contributed by atoms with E-state index < -0.39 is 88.9 Å². The Morgan fingerprint density at radius 1 is 0.603 bits per heavy atom. The Balaban J connectivity index is 1.18. The summed E-state index contributed by atoms with van der Waals surface area (Å²) in [7, 11) is 0. The van der Waals surface area contributed by atoms with Gasteiger partial charge in [-0.15, -0.1) is 0 Å². The monoisotopic (exact) mass is 920 g/mol. The third-order valence-corrected chi connectivity index (χ3v) is 16.4. The summed E-state index contributed by atoms with van der Waals surface area (Å²) in [4.78, 5) is 85.6. The fraction of sp³-hybridized carbons (Fsp3) is 0.439. The lowest BCUT2D eigenvalue weighted by Crippen LogP contribution is -2.70. The zero-order chi connectivity index (χ0) is 47.9. The minimum atomic E-state index is -1.21. The van der Waals surface area contributed by atoms with E-state index in [2.05, 4.69) is 20.8 Å². The van der Waals surface area contributed by atoms with Gasteiger partial charge in [-0.3, -0.25) is 9.59 Å². The van der Waals surface area contributed by atoms with Crippen molar-refractivity contribution in [3.8, 4) is 0 Å². The number of ether oxygens (including phenoxy) is 5. The maximum Gasteiger partial charge on any atom is 0.338 e.